The van der Waals surface area contributed by atoms with Gasteiger partial charge in [0.2, 0.25) is 5.91 Å². The highest BCUT2D eigenvalue weighted by molar-refractivity contribution is 7.91. The molecule has 2 aliphatic rings. The van der Waals surface area contributed by atoms with Gasteiger partial charge in [-0.1, -0.05) is 11.6 Å². The zero-order valence-electron chi connectivity index (χ0n) is 16.3. The van der Waals surface area contributed by atoms with Gasteiger partial charge in [-0.2, -0.15) is 4.31 Å². The van der Waals surface area contributed by atoms with E-state index < -0.39 is 10.0 Å². The van der Waals surface area contributed by atoms with Crippen LogP contribution in [0.4, 0.5) is 0 Å². The summed E-state index contributed by atoms with van der Waals surface area (Å²) in [4.78, 5) is 16.9. The molecular weight excluding hydrogens is 420 g/mol. The highest BCUT2D eigenvalue weighted by atomic mass is 35.5. The van der Waals surface area contributed by atoms with Crippen molar-refractivity contribution in [1.82, 2.24) is 19.4 Å². The van der Waals surface area contributed by atoms with Crippen molar-refractivity contribution in [3.8, 4) is 0 Å². The Labute approximate surface area is 176 Å². The molecule has 0 radical (unpaired) electrons. The number of nitrogens with zero attached hydrogens (tertiary/aromatic N) is 3. The molecular formula is C18H29ClN4O3S2. The average Bonchev–Trinajstić information content (AvgIpc) is 3.11. The predicted molar refractivity (Wildman–Crippen MR) is 112 cm³/mol. The van der Waals surface area contributed by atoms with E-state index in [9.17, 15) is 13.2 Å². The minimum Gasteiger partial charge on any atom is -0.355 e. The largest absolute Gasteiger partial charge is 0.355 e. The first-order valence-electron chi connectivity index (χ1n) is 9.77. The van der Waals surface area contributed by atoms with Crippen LogP contribution in [0.5, 0.6) is 0 Å². The molecule has 0 unspecified atom stereocenters. The van der Waals surface area contributed by atoms with E-state index in [1.807, 2.05) is 0 Å². The van der Waals surface area contributed by atoms with Gasteiger partial charge in [0.1, 0.15) is 4.21 Å². The van der Waals surface area contributed by atoms with Crippen LogP contribution in [-0.2, 0) is 14.8 Å². The fourth-order valence-electron chi connectivity index (χ4n) is 3.68. The van der Waals surface area contributed by atoms with E-state index in [0.29, 0.717) is 43.2 Å². The first-order chi connectivity index (χ1) is 13.3. The lowest BCUT2D eigenvalue weighted by atomic mass is 9.94. The number of amides is 1. The number of nitrogens with one attached hydrogen (secondary N) is 1. The molecule has 2 saturated heterocycles. The summed E-state index contributed by atoms with van der Waals surface area (Å²) in [7, 11) is -1.34. The number of thiophene rings is 1. The lowest BCUT2D eigenvalue weighted by Crippen LogP contribution is -2.47. The van der Waals surface area contributed by atoms with Crippen molar-refractivity contribution < 1.29 is 13.2 Å². The van der Waals surface area contributed by atoms with Crippen LogP contribution < -0.4 is 5.32 Å². The van der Waals surface area contributed by atoms with E-state index in [1.165, 1.54) is 4.31 Å². The minimum absolute atomic E-state index is 0.0699. The molecule has 1 aromatic rings. The molecule has 0 saturated carbocycles. The topological polar surface area (TPSA) is 73.0 Å². The molecule has 3 rings (SSSR count). The van der Waals surface area contributed by atoms with Gasteiger partial charge in [0.15, 0.2) is 0 Å². The zero-order valence-corrected chi connectivity index (χ0v) is 18.7. The molecule has 28 heavy (non-hydrogen) atoms. The van der Waals surface area contributed by atoms with Crippen LogP contribution >= 0.6 is 22.9 Å². The Kier molecular flexibility index (Phi) is 7.74. The van der Waals surface area contributed by atoms with Gasteiger partial charge in [0.05, 0.1) is 4.34 Å². The minimum atomic E-state index is -3.47. The maximum absolute atomic E-state index is 12.6. The van der Waals surface area contributed by atoms with Gasteiger partial charge in [0.25, 0.3) is 10.0 Å². The van der Waals surface area contributed by atoms with Crippen molar-refractivity contribution in [3.05, 3.63) is 16.5 Å². The number of piperazine rings is 1. The molecule has 0 bridgehead atoms. The molecule has 1 amide bonds. The molecule has 2 fully saturated rings. The summed E-state index contributed by atoms with van der Waals surface area (Å²) in [6.45, 7) is 6.73. The third-order valence-corrected chi connectivity index (χ3v) is 9.13. The number of piperidine rings is 1. The van der Waals surface area contributed by atoms with Crippen LogP contribution in [0.1, 0.15) is 19.3 Å². The molecule has 158 valence electrons. The maximum Gasteiger partial charge on any atom is 0.252 e. The summed E-state index contributed by atoms with van der Waals surface area (Å²) in [5.74, 6) is 0.308. The number of carbonyl (C=O) groups excluding carboxylic acids is 1. The summed E-state index contributed by atoms with van der Waals surface area (Å²) >= 11 is 6.96. The van der Waals surface area contributed by atoms with E-state index in [-0.39, 0.29) is 16.0 Å². The number of hydrogen-bond donors (Lipinski definition) is 1. The first kappa shape index (κ1) is 22.0. The summed E-state index contributed by atoms with van der Waals surface area (Å²) in [6, 6.07) is 3.17. The molecule has 0 atom stereocenters. The number of likely N-dealkylation sites (N-methyl/N-ethyl adjacent to an activating group) is 1. The Morgan fingerprint density at radius 1 is 1.18 bits per heavy atom. The van der Waals surface area contributed by atoms with Crippen molar-refractivity contribution in [3.63, 3.8) is 0 Å². The van der Waals surface area contributed by atoms with Gasteiger partial charge in [-0.05, 0) is 37.9 Å². The summed E-state index contributed by atoms with van der Waals surface area (Å²) < 4.78 is 27.5. The van der Waals surface area contributed by atoms with Crippen LogP contribution in [0, 0.1) is 5.92 Å². The lowest BCUT2D eigenvalue weighted by Gasteiger charge is -2.32. The highest BCUT2D eigenvalue weighted by Gasteiger charge is 2.31. The maximum atomic E-state index is 12.6. The van der Waals surface area contributed by atoms with Crippen LogP contribution in [0.25, 0.3) is 0 Å². The lowest BCUT2D eigenvalue weighted by molar-refractivity contribution is -0.122. The molecule has 10 heteroatoms. The second-order valence-corrected chi connectivity index (χ2v) is 11.5. The van der Waals surface area contributed by atoms with Crippen molar-refractivity contribution in [2.45, 2.75) is 23.5 Å². The van der Waals surface area contributed by atoms with Crippen molar-refractivity contribution in [2.75, 3.05) is 59.4 Å². The Hall–Kier alpha value is -0.710. The van der Waals surface area contributed by atoms with Crippen molar-refractivity contribution in [1.29, 1.82) is 0 Å². The van der Waals surface area contributed by atoms with Crippen LogP contribution in [0.3, 0.4) is 0 Å². The number of sulfonamides is 1. The fraction of sp³-hybridized carbons (Fsp3) is 0.722. The second kappa shape index (κ2) is 9.86. The van der Waals surface area contributed by atoms with Crippen LogP contribution in [-0.4, -0.2) is 87.8 Å². The highest BCUT2D eigenvalue weighted by Crippen LogP contribution is 2.31. The third kappa shape index (κ3) is 5.90. The SMILES string of the molecule is CN1CCN(CCNC(=O)CC2CCN(S(=O)(=O)c3ccc(Cl)s3)CC2)CC1. The van der Waals surface area contributed by atoms with Gasteiger partial charge >= 0.3 is 0 Å². The Bertz CT molecular complexity index is 755. The standard InChI is InChI=1S/C18H29ClN4O3S2/c1-21-10-12-22(13-11-21)9-6-20-17(24)14-15-4-7-23(8-5-15)28(25,26)18-3-2-16(19)27-18/h2-3,15H,4-14H2,1H3,(H,20,24). The van der Waals surface area contributed by atoms with Gasteiger partial charge in [0, 0.05) is 58.8 Å². The summed E-state index contributed by atoms with van der Waals surface area (Å²) in [5, 5.41) is 3.02. The normalized spacial score (nSPS) is 21.1. The van der Waals surface area contributed by atoms with Gasteiger partial charge in [-0.15, -0.1) is 11.3 Å². The van der Waals surface area contributed by atoms with Gasteiger partial charge < -0.3 is 10.2 Å². The van der Waals surface area contributed by atoms with E-state index in [1.54, 1.807) is 12.1 Å². The molecule has 0 spiro atoms. The van der Waals surface area contributed by atoms with Crippen molar-refractivity contribution in [2.24, 2.45) is 5.92 Å². The summed E-state index contributed by atoms with van der Waals surface area (Å²) in [6.07, 6.45) is 1.90. The van der Waals surface area contributed by atoms with E-state index >= 15 is 0 Å². The molecule has 7 nitrogen and oxygen atoms in total. The number of halogens is 1. The second-order valence-electron chi connectivity index (χ2n) is 7.60. The van der Waals surface area contributed by atoms with E-state index in [4.69, 9.17) is 11.6 Å². The predicted octanol–water partition coefficient (Wildman–Crippen LogP) is 1.56. The number of carbonyl (C=O) groups is 1. The molecule has 3 heterocycles. The Morgan fingerprint density at radius 2 is 1.86 bits per heavy atom. The van der Waals surface area contributed by atoms with Gasteiger partial charge in [-0.3, -0.25) is 9.69 Å². The molecule has 0 aromatic carbocycles. The van der Waals surface area contributed by atoms with Gasteiger partial charge in [-0.25, -0.2) is 8.42 Å². The smallest absolute Gasteiger partial charge is 0.252 e. The fourth-order valence-corrected chi connectivity index (χ4v) is 6.78. The number of rotatable bonds is 7. The zero-order chi connectivity index (χ0) is 20.1. The Balaban J connectivity index is 1.36. The van der Waals surface area contributed by atoms with Crippen LogP contribution in [0.15, 0.2) is 16.3 Å². The molecule has 2 aliphatic heterocycles. The molecule has 1 N–H and O–H groups in total. The molecule has 1 aromatic heterocycles. The number of hydrogen-bond acceptors (Lipinski definition) is 6. The monoisotopic (exact) mass is 448 g/mol. The van der Waals surface area contributed by atoms with E-state index in [2.05, 4.69) is 22.2 Å². The van der Waals surface area contributed by atoms with Crippen molar-refractivity contribution >= 4 is 38.9 Å². The van der Waals surface area contributed by atoms with E-state index in [0.717, 1.165) is 44.1 Å². The van der Waals surface area contributed by atoms with Crippen LogP contribution in [0.2, 0.25) is 4.34 Å². The quantitative estimate of drug-likeness (QED) is 0.685. The average molecular weight is 449 g/mol. The molecule has 0 aliphatic carbocycles. The third-order valence-electron chi connectivity index (χ3n) is 5.54. The summed E-state index contributed by atoms with van der Waals surface area (Å²) in [5.41, 5.74) is 0. The Morgan fingerprint density at radius 3 is 2.46 bits per heavy atom. The first-order valence-corrected chi connectivity index (χ1v) is 12.4.